The van der Waals surface area contributed by atoms with Crippen molar-refractivity contribution in [3.8, 4) is 11.5 Å². The number of phenols is 1. The van der Waals surface area contributed by atoms with Crippen molar-refractivity contribution in [2.24, 2.45) is 5.73 Å². The summed E-state index contributed by atoms with van der Waals surface area (Å²) in [6.45, 7) is 5.01. The lowest BCUT2D eigenvalue weighted by molar-refractivity contribution is -0.171. The van der Waals surface area contributed by atoms with Gasteiger partial charge in [-0.25, -0.2) is 4.79 Å². The van der Waals surface area contributed by atoms with Crippen LogP contribution >= 0.6 is 0 Å². The molecule has 0 radical (unpaired) electrons. The van der Waals surface area contributed by atoms with Gasteiger partial charge in [0.1, 0.15) is 23.6 Å². The van der Waals surface area contributed by atoms with E-state index in [1.165, 1.54) is 6.92 Å². The molecule has 1 aliphatic rings. The molecule has 172 valence electrons. The van der Waals surface area contributed by atoms with E-state index in [1.54, 1.807) is 20.8 Å². The zero-order valence-electron chi connectivity index (χ0n) is 17.9. The number of amides is 3. The number of hydrogen-bond donors (Lipinski definition) is 6. The van der Waals surface area contributed by atoms with Crippen molar-refractivity contribution in [1.29, 1.82) is 0 Å². The van der Waals surface area contributed by atoms with Crippen molar-refractivity contribution in [2.75, 3.05) is 13.2 Å². The minimum atomic E-state index is -1.60. The van der Waals surface area contributed by atoms with E-state index < -0.39 is 48.9 Å². The smallest absolute Gasteiger partial charge is 0.405 e. The molecule has 11 nitrogen and oxygen atoms in total. The van der Waals surface area contributed by atoms with Gasteiger partial charge < -0.3 is 36.2 Å². The van der Waals surface area contributed by atoms with Crippen LogP contribution in [0.5, 0.6) is 11.5 Å². The number of carbonyl (C=O) groups is 3. The molecule has 0 aliphatic carbocycles. The number of carbonyl (C=O) groups excluding carboxylic acids is 2. The molecule has 0 saturated heterocycles. The highest BCUT2D eigenvalue weighted by Gasteiger charge is 2.48. The van der Waals surface area contributed by atoms with E-state index in [-0.39, 0.29) is 12.2 Å². The summed E-state index contributed by atoms with van der Waals surface area (Å²) >= 11 is 0. The van der Waals surface area contributed by atoms with E-state index in [1.807, 2.05) is 5.32 Å². The Morgan fingerprint density at radius 2 is 1.77 bits per heavy atom. The number of benzene rings is 1. The number of nitrogens with one attached hydrogen (secondary N) is 1. The first-order chi connectivity index (χ1) is 14.4. The zero-order valence-corrected chi connectivity index (χ0v) is 17.9. The molecule has 11 heteroatoms. The van der Waals surface area contributed by atoms with Crippen LogP contribution in [0.3, 0.4) is 0 Å². The quantitative estimate of drug-likeness (QED) is 0.333. The number of nitrogens with zero attached hydrogens (tertiary/aromatic N) is 1. The Morgan fingerprint density at radius 1 is 1.16 bits per heavy atom. The van der Waals surface area contributed by atoms with Gasteiger partial charge in [0.25, 0.3) is 5.91 Å². The average molecular weight is 439 g/mol. The molecular formula is C20H29N3O8. The van der Waals surface area contributed by atoms with Gasteiger partial charge in [-0.2, -0.15) is 0 Å². The lowest BCUT2D eigenvalue weighted by atomic mass is 9.89. The second kappa shape index (κ2) is 8.98. The fourth-order valence-corrected chi connectivity index (χ4v) is 3.92. The Morgan fingerprint density at radius 3 is 2.26 bits per heavy atom. The van der Waals surface area contributed by atoms with Crippen LogP contribution in [0.25, 0.3) is 0 Å². The molecule has 1 aliphatic heterocycles. The monoisotopic (exact) mass is 439 g/mol. The summed E-state index contributed by atoms with van der Waals surface area (Å²) in [5, 5.41) is 40.6. The molecule has 2 rings (SSSR count). The van der Waals surface area contributed by atoms with Gasteiger partial charge in [-0.1, -0.05) is 0 Å². The SMILES string of the molecule is Cc1c(C)c2c(c(C)c1O)CCC(C)(N(C(=O)[C@H](CO)NC(=O)O)[C@@H](CO)C(N)=O)O2. The van der Waals surface area contributed by atoms with E-state index in [4.69, 9.17) is 15.6 Å². The largest absolute Gasteiger partial charge is 0.507 e. The summed E-state index contributed by atoms with van der Waals surface area (Å²) in [5.74, 6) is -1.42. The second-order valence-electron chi connectivity index (χ2n) is 7.80. The summed E-state index contributed by atoms with van der Waals surface area (Å²) in [5.41, 5.74) is 6.51. The first kappa shape index (κ1) is 24.2. The molecule has 0 bridgehead atoms. The fourth-order valence-electron chi connectivity index (χ4n) is 3.92. The van der Waals surface area contributed by atoms with Crippen molar-refractivity contribution in [3.63, 3.8) is 0 Å². The molecule has 3 amide bonds. The number of fused-ring (bicyclic) bond motifs is 1. The number of aromatic hydroxyl groups is 1. The third-order valence-electron chi connectivity index (χ3n) is 5.84. The third-order valence-corrected chi connectivity index (χ3v) is 5.84. The summed E-state index contributed by atoms with van der Waals surface area (Å²) in [4.78, 5) is 37.2. The van der Waals surface area contributed by atoms with Gasteiger partial charge in [0.2, 0.25) is 5.91 Å². The highest BCUT2D eigenvalue weighted by molar-refractivity contribution is 5.91. The number of phenolic OH excluding ortho intramolecular Hbond substituents is 1. The number of nitrogens with two attached hydrogens (primary N) is 1. The Kier molecular flexibility index (Phi) is 7.02. The van der Waals surface area contributed by atoms with Crippen molar-refractivity contribution >= 4 is 17.9 Å². The molecule has 0 saturated carbocycles. The van der Waals surface area contributed by atoms with Crippen molar-refractivity contribution in [3.05, 3.63) is 22.3 Å². The van der Waals surface area contributed by atoms with Gasteiger partial charge in [0.15, 0.2) is 5.72 Å². The van der Waals surface area contributed by atoms with Crippen LogP contribution in [0.15, 0.2) is 0 Å². The number of aliphatic hydroxyl groups is 2. The molecule has 31 heavy (non-hydrogen) atoms. The number of ether oxygens (including phenoxy) is 1. The predicted molar refractivity (Wildman–Crippen MR) is 109 cm³/mol. The maximum absolute atomic E-state index is 13.2. The van der Waals surface area contributed by atoms with Crippen molar-refractivity contribution < 1.29 is 39.5 Å². The van der Waals surface area contributed by atoms with Crippen molar-refractivity contribution in [1.82, 2.24) is 10.2 Å². The van der Waals surface area contributed by atoms with Gasteiger partial charge >= 0.3 is 6.09 Å². The standard InChI is InChI=1S/C20H29N3O8/c1-9-10(2)16-12(11(3)15(9)26)5-6-20(4,31-16)23(14(8-25)17(21)27)18(28)13(7-24)22-19(29)30/h13-14,22,24-26H,5-8H2,1-4H3,(H2,21,27)(H,29,30)/t13-,14-,20?/m0/s1. The van der Waals surface area contributed by atoms with E-state index in [0.29, 0.717) is 28.9 Å². The van der Waals surface area contributed by atoms with E-state index in [0.717, 1.165) is 10.5 Å². The minimum absolute atomic E-state index is 0.146. The third kappa shape index (κ3) is 4.37. The maximum atomic E-state index is 13.2. The Labute approximate surface area is 179 Å². The van der Waals surface area contributed by atoms with Crippen LogP contribution in [-0.2, 0) is 16.0 Å². The van der Waals surface area contributed by atoms with Gasteiger partial charge in [-0.05, 0) is 50.8 Å². The first-order valence-electron chi connectivity index (χ1n) is 9.73. The molecule has 3 atom stereocenters. The Balaban J connectivity index is 2.60. The van der Waals surface area contributed by atoms with E-state index >= 15 is 0 Å². The number of primary amides is 1. The van der Waals surface area contributed by atoms with Gasteiger partial charge in [-0.15, -0.1) is 0 Å². The minimum Gasteiger partial charge on any atom is -0.507 e. The number of hydrogen-bond acceptors (Lipinski definition) is 7. The van der Waals surface area contributed by atoms with Crippen LogP contribution < -0.4 is 15.8 Å². The van der Waals surface area contributed by atoms with E-state index in [9.17, 15) is 29.7 Å². The number of carboxylic acid groups (broad SMARTS) is 1. The summed E-state index contributed by atoms with van der Waals surface area (Å²) in [6, 6.07) is -3.12. The second-order valence-corrected chi connectivity index (χ2v) is 7.80. The van der Waals surface area contributed by atoms with E-state index in [2.05, 4.69) is 0 Å². The molecule has 0 aromatic heterocycles. The molecule has 0 fully saturated rings. The van der Waals surface area contributed by atoms with Gasteiger partial charge in [0, 0.05) is 12.0 Å². The van der Waals surface area contributed by atoms with Crippen LogP contribution in [0.2, 0.25) is 0 Å². The Hall–Kier alpha value is -3.05. The van der Waals surface area contributed by atoms with Crippen LogP contribution in [-0.4, -0.2) is 74.3 Å². The summed E-state index contributed by atoms with van der Waals surface area (Å²) in [7, 11) is 0. The summed E-state index contributed by atoms with van der Waals surface area (Å²) < 4.78 is 6.20. The highest BCUT2D eigenvalue weighted by Crippen LogP contribution is 2.44. The summed E-state index contributed by atoms with van der Waals surface area (Å²) in [6.07, 6.45) is -1.03. The topological polar surface area (TPSA) is 183 Å². The highest BCUT2D eigenvalue weighted by atomic mass is 16.5. The predicted octanol–water partition coefficient (Wildman–Crippen LogP) is -0.338. The lowest BCUT2D eigenvalue weighted by Crippen LogP contribution is -2.67. The average Bonchev–Trinajstić information content (AvgIpc) is 2.71. The first-order valence-corrected chi connectivity index (χ1v) is 9.73. The normalized spacial score (nSPS) is 19.5. The zero-order chi connectivity index (χ0) is 23.7. The Bertz CT molecular complexity index is 903. The fraction of sp³-hybridized carbons (Fsp3) is 0.550. The van der Waals surface area contributed by atoms with Crippen LogP contribution in [0.1, 0.15) is 35.6 Å². The van der Waals surface area contributed by atoms with Crippen LogP contribution in [0.4, 0.5) is 4.79 Å². The number of rotatable bonds is 7. The molecule has 0 spiro atoms. The maximum Gasteiger partial charge on any atom is 0.405 e. The molecule has 1 aromatic carbocycles. The van der Waals surface area contributed by atoms with Crippen LogP contribution in [0, 0.1) is 20.8 Å². The van der Waals surface area contributed by atoms with Gasteiger partial charge in [0.05, 0.1) is 13.2 Å². The number of aliphatic hydroxyl groups excluding tert-OH is 2. The lowest BCUT2D eigenvalue weighted by Gasteiger charge is -2.48. The van der Waals surface area contributed by atoms with Crippen molar-refractivity contribution in [2.45, 2.75) is 58.3 Å². The molecule has 1 heterocycles. The molecule has 1 aromatic rings. The molecular weight excluding hydrogens is 410 g/mol. The molecule has 1 unspecified atom stereocenters. The molecule has 7 N–H and O–H groups in total. The van der Waals surface area contributed by atoms with Gasteiger partial charge in [-0.3, -0.25) is 14.5 Å².